The molecule has 0 atom stereocenters. The molecule has 0 radical (unpaired) electrons. The van der Waals surface area contributed by atoms with Crippen LogP contribution in [0.15, 0.2) is 53.8 Å². The molecule has 0 unspecified atom stereocenters. The van der Waals surface area contributed by atoms with Crippen LogP contribution in [0.2, 0.25) is 0 Å². The van der Waals surface area contributed by atoms with Crippen LogP contribution in [0.3, 0.4) is 0 Å². The SMILES string of the molecule is CC1=CC(NC(=O)N2CCN(Cc3ccc4c(c3)OCO4)CC2)=CCC=C1. The smallest absolute Gasteiger partial charge is 0.321 e. The fraction of sp³-hybridized carbons (Fsp3) is 0.381. The third kappa shape index (κ3) is 4.34. The number of amides is 2. The van der Waals surface area contributed by atoms with Gasteiger partial charge in [-0.05, 0) is 42.7 Å². The summed E-state index contributed by atoms with van der Waals surface area (Å²) < 4.78 is 10.8. The molecule has 0 aromatic heterocycles. The van der Waals surface area contributed by atoms with Crippen LogP contribution in [0.4, 0.5) is 4.79 Å². The Morgan fingerprint density at radius 1 is 1.15 bits per heavy atom. The van der Waals surface area contributed by atoms with Crippen LogP contribution in [0.5, 0.6) is 11.5 Å². The third-order valence-corrected chi connectivity index (χ3v) is 4.99. The molecular formula is C21H25N3O3. The van der Waals surface area contributed by atoms with E-state index in [1.807, 2.05) is 36.1 Å². The van der Waals surface area contributed by atoms with Gasteiger partial charge in [0, 0.05) is 38.4 Å². The molecule has 2 heterocycles. The topological polar surface area (TPSA) is 54.0 Å². The number of carbonyl (C=O) groups excluding carboxylic acids is 1. The molecule has 1 fully saturated rings. The Morgan fingerprint density at radius 3 is 2.81 bits per heavy atom. The Balaban J connectivity index is 1.28. The first-order valence-electron chi connectivity index (χ1n) is 9.39. The maximum atomic E-state index is 12.6. The lowest BCUT2D eigenvalue weighted by Crippen LogP contribution is -2.51. The minimum Gasteiger partial charge on any atom is -0.454 e. The Hall–Kier alpha value is -2.73. The van der Waals surface area contributed by atoms with Gasteiger partial charge in [0.05, 0.1) is 0 Å². The predicted octanol–water partition coefficient (Wildman–Crippen LogP) is 3.03. The summed E-state index contributed by atoms with van der Waals surface area (Å²) in [5.41, 5.74) is 3.23. The molecule has 1 aromatic carbocycles. The third-order valence-electron chi connectivity index (χ3n) is 4.99. The van der Waals surface area contributed by atoms with Crippen molar-refractivity contribution in [1.29, 1.82) is 0 Å². The molecule has 2 aliphatic heterocycles. The summed E-state index contributed by atoms with van der Waals surface area (Å²) in [5, 5.41) is 3.03. The van der Waals surface area contributed by atoms with Crippen molar-refractivity contribution in [3.8, 4) is 11.5 Å². The van der Waals surface area contributed by atoms with E-state index in [4.69, 9.17) is 9.47 Å². The Bertz CT molecular complexity index is 805. The molecule has 4 rings (SSSR count). The fourth-order valence-electron chi connectivity index (χ4n) is 3.50. The number of piperazine rings is 1. The molecule has 1 saturated heterocycles. The van der Waals surface area contributed by atoms with Crippen molar-refractivity contribution in [1.82, 2.24) is 15.1 Å². The van der Waals surface area contributed by atoms with Crippen LogP contribution < -0.4 is 14.8 Å². The van der Waals surface area contributed by atoms with Gasteiger partial charge in [-0.1, -0.05) is 24.3 Å². The van der Waals surface area contributed by atoms with Crippen LogP contribution in [-0.2, 0) is 6.54 Å². The summed E-state index contributed by atoms with van der Waals surface area (Å²) in [6.45, 7) is 6.36. The molecule has 1 aliphatic carbocycles. The molecule has 27 heavy (non-hydrogen) atoms. The summed E-state index contributed by atoms with van der Waals surface area (Å²) in [7, 11) is 0. The van der Waals surface area contributed by atoms with Crippen molar-refractivity contribution in [3.63, 3.8) is 0 Å². The quantitative estimate of drug-likeness (QED) is 0.892. The zero-order valence-corrected chi connectivity index (χ0v) is 15.6. The highest BCUT2D eigenvalue weighted by atomic mass is 16.7. The standard InChI is InChI=1S/C21H25N3O3/c1-16-4-2-3-5-18(12-16)22-21(25)24-10-8-23(9-11-24)14-17-6-7-19-20(13-17)27-15-26-19/h2,4-7,12-13H,3,8-11,14-15H2,1H3,(H,22,25). The number of hydrogen-bond acceptors (Lipinski definition) is 4. The summed E-state index contributed by atoms with van der Waals surface area (Å²) in [5.74, 6) is 1.63. The molecule has 6 nitrogen and oxygen atoms in total. The number of carbonyl (C=O) groups is 1. The molecule has 0 spiro atoms. The lowest BCUT2D eigenvalue weighted by Gasteiger charge is -2.34. The van der Waals surface area contributed by atoms with Gasteiger partial charge in [-0.15, -0.1) is 0 Å². The van der Waals surface area contributed by atoms with E-state index in [-0.39, 0.29) is 6.03 Å². The van der Waals surface area contributed by atoms with E-state index >= 15 is 0 Å². The molecule has 1 aromatic rings. The highest BCUT2D eigenvalue weighted by Gasteiger charge is 2.22. The molecule has 1 N–H and O–H groups in total. The summed E-state index contributed by atoms with van der Waals surface area (Å²) in [4.78, 5) is 16.8. The minimum absolute atomic E-state index is 0.0186. The average molecular weight is 367 g/mol. The van der Waals surface area contributed by atoms with Crippen LogP contribution in [0, 0.1) is 0 Å². The van der Waals surface area contributed by atoms with Gasteiger partial charge in [0.2, 0.25) is 6.79 Å². The Kier molecular flexibility index (Phi) is 5.16. The molecule has 142 valence electrons. The second-order valence-corrected chi connectivity index (χ2v) is 7.07. The monoisotopic (exact) mass is 367 g/mol. The van der Waals surface area contributed by atoms with E-state index in [0.717, 1.165) is 61.9 Å². The van der Waals surface area contributed by atoms with E-state index in [9.17, 15) is 4.79 Å². The van der Waals surface area contributed by atoms with Crippen LogP contribution in [0.25, 0.3) is 0 Å². The fourth-order valence-corrected chi connectivity index (χ4v) is 3.50. The number of hydrogen-bond donors (Lipinski definition) is 1. The van der Waals surface area contributed by atoms with Gasteiger partial charge in [-0.25, -0.2) is 4.79 Å². The maximum absolute atomic E-state index is 12.6. The number of urea groups is 1. The molecule has 3 aliphatic rings. The normalized spacial score (nSPS) is 19.4. The van der Waals surface area contributed by atoms with Crippen molar-refractivity contribution in [3.05, 3.63) is 59.3 Å². The predicted molar refractivity (Wildman–Crippen MR) is 104 cm³/mol. The van der Waals surface area contributed by atoms with E-state index in [1.165, 1.54) is 5.56 Å². The second-order valence-electron chi connectivity index (χ2n) is 7.07. The van der Waals surface area contributed by atoms with Gasteiger partial charge in [0.1, 0.15) is 0 Å². The zero-order valence-electron chi connectivity index (χ0n) is 15.6. The lowest BCUT2D eigenvalue weighted by atomic mass is 10.1. The number of nitrogens with one attached hydrogen (secondary N) is 1. The molecule has 0 saturated carbocycles. The van der Waals surface area contributed by atoms with Crippen molar-refractivity contribution in [2.75, 3.05) is 33.0 Å². The van der Waals surface area contributed by atoms with Crippen molar-refractivity contribution in [2.45, 2.75) is 19.9 Å². The Labute approximate surface area is 159 Å². The van der Waals surface area contributed by atoms with E-state index < -0.39 is 0 Å². The van der Waals surface area contributed by atoms with E-state index in [0.29, 0.717) is 6.79 Å². The Morgan fingerprint density at radius 2 is 1.96 bits per heavy atom. The average Bonchev–Trinajstić information content (AvgIpc) is 3.04. The maximum Gasteiger partial charge on any atom is 0.321 e. The van der Waals surface area contributed by atoms with Crippen molar-refractivity contribution in [2.24, 2.45) is 0 Å². The molecule has 0 bridgehead atoms. The largest absolute Gasteiger partial charge is 0.454 e. The lowest BCUT2D eigenvalue weighted by molar-refractivity contribution is 0.137. The summed E-state index contributed by atoms with van der Waals surface area (Å²) >= 11 is 0. The molecular weight excluding hydrogens is 342 g/mol. The zero-order chi connectivity index (χ0) is 18.6. The van der Waals surface area contributed by atoms with Crippen LogP contribution in [0.1, 0.15) is 18.9 Å². The van der Waals surface area contributed by atoms with E-state index in [2.05, 4.69) is 28.4 Å². The molecule has 6 heteroatoms. The van der Waals surface area contributed by atoms with Crippen LogP contribution >= 0.6 is 0 Å². The summed E-state index contributed by atoms with van der Waals surface area (Å²) in [6.07, 6.45) is 9.06. The van der Waals surface area contributed by atoms with Gasteiger partial charge in [-0.2, -0.15) is 0 Å². The minimum atomic E-state index is -0.0186. The highest BCUT2D eigenvalue weighted by molar-refractivity contribution is 5.77. The first kappa shape index (κ1) is 17.7. The number of ether oxygens (including phenoxy) is 2. The van der Waals surface area contributed by atoms with Gasteiger partial charge in [-0.3, -0.25) is 4.90 Å². The molecule has 2 amide bonds. The van der Waals surface area contributed by atoms with Gasteiger partial charge < -0.3 is 19.7 Å². The number of rotatable bonds is 3. The first-order chi connectivity index (χ1) is 13.2. The van der Waals surface area contributed by atoms with Gasteiger partial charge in [0.15, 0.2) is 11.5 Å². The van der Waals surface area contributed by atoms with Gasteiger partial charge in [0.25, 0.3) is 0 Å². The van der Waals surface area contributed by atoms with Crippen molar-refractivity contribution >= 4 is 6.03 Å². The number of benzene rings is 1. The highest BCUT2D eigenvalue weighted by Crippen LogP contribution is 2.32. The van der Waals surface area contributed by atoms with Gasteiger partial charge >= 0.3 is 6.03 Å². The van der Waals surface area contributed by atoms with Crippen molar-refractivity contribution < 1.29 is 14.3 Å². The number of nitrogens with zero attached hydrogens (tertiary/aromatic N) is 2. The number of fused-ring (bicyclic) bond motifs is 1. The summed E-state index contributed by atoms with van der Waals surface area (Å²) in [6, 6.07) is 6.07. The first-order valence-corrected chi connectivity index (χ1v) is 9.39. The van der Waals surface area contributed by atoms with Crippen LogP contribution in [-0.4, -0.2) is 48.8 Å². The van der Waals surface area contributed by atoms with E-state index in [1.54, 1.807) is 0 Å². The second kappa shape index (κ2) is 7.88. The number of allylic oxidation sites excluding steroid dienone is 5.